The van der Waals surface area contributed by atoms with Crippen LogP contribution in [0, 0.1) is 6.92 Å². The minimum atomic E-state index is -0.416. The highest BCUT2D eigenvalue weighted by atomic mass is 16.3. The second-order valence-electron chi connectivity index (χ2n) is 3.69. The smallest absolute Gasteiger partial charge is 0.0810 e. The van der Waals surface area contributed by atoms with Gasteiger partial charge in [-0.25, -0.2) is 0 Å². The average Bonchev–Trinajstić information content (AvgIpc) is 2.15. The number of pyridine rings is 1. The summed E-state index contributed by atoms with van der Waals surface area (Å²) >= 11 is 0. The summed E-state index contributed by atoms with van der Waals surface area (Å²) in [5.74, 6) is 0. The molecule has 0 aliphatic heterocycles. The van der Waals surface area contributed by atoms with Gasteiger partial charge in [-0.1, -0.05) is 11.6 Å². The van der Waals surface area contributed by atoms with Gasteiger partial charge in [-0.3, -0.25) is 4.98 Å². The van der Waals surface area contributed by atoms with Crippen LogP contribution in [-0.2, 0) is 0 Å². The molecule has 76 valence electrons. The Morgan fingerprint density at radius 1 is 1.64 bits per heavy atom. The molecule has 0 fully saturated rings. The van der Waals surface area contributed by atoms with Crippen LogP contribution >= 0.6 is 0 Å². The minimum absolute atomic E-state index is 0.416. The fourth-order valence-electron chi connectivity index (χ4n) is 1.39. The van der Waals surface area contributed by atoms with E-state index in [1.807, 2.05) is 26.0 Å². The predicted molar refractivity (Wildman–Crippen MR) is 58.0 cm³/mol. The van der Waals surface area contributed by atoms with Crippen LogP contribution in [0.1, 0.15) is 37.1 Å². The van der Waals surface area contributed by atoms with Crippen LogP contribution in [-0.4, -0.2) is 10.1 Å². The third-order valence-electron chi connectivity index (χ3n) is 2.25. The van der Waals surface area contributed by atoms with Gasteiger partial charge in [0.25, 0.3) is 0 Å². The van der Waals surface area contributed by atoms with Crippen molar-refractivity contribution in [3.05, 3.63) is 41.7 Å². The third kappa shape index (κ3) is 2.96. The first-order chi connectivity index (χ1) is 6.61. The van der Waals surface area contributed by atoms with Gasteiger partial charge < -0.3 is 5.11 Å². The maximum atomic E-state index is 9.87. The summed E-state index contributed by atoms with van der Waals surface area (Å²) < 4.78 is 0. The number of aliphatic hydroxyl groups is 1. The molecule has 1 aromatic heterocycles. The van der Waals surface area contributed by atoms with E-state index in [1.54, 1.807) is 6.20 Å². The largest absolute Gasteiger partial charge is 0.388 e. The van der Waals surface area contributed by atoms with Crippen molar-refractivity contribution in [2.45, 2.75) is 32.8 Å². The molecular formula is C12H17NO. The van der Waals surface area contributed by atoms with Crippen molar-refractivity contribution >= 4 is 0 Å². The quantitative estimate of drug-likeness (QED) is 0.742. The Labute approximate surface area is 85.3 Å². The van der Waals surface area contributed by atoms with Gasteiger partial charge in [0.1, 0.15) is 0 Å². The molecule has 1 aromatic rings. The molecular weight excluding hydrogens is 174 g/mol. The average molecular weight is 191 g/mol. The monoisotopic (exact) mass is 191 g/mol. The number of hydrogen-bond acceptors (Lipinski definition) is 2. The molecule has 1 N–H and O–H groups in total. The Hall–Kier alpha value is -1.15. The molecule has 1 rings (SSSR count). The molecule has 1 atom stereocenters. The normalized spacial score (nSPS) is 12.5. The highest BCUT2D eigenvalue weighted by molar-refractivity contribution is 5.21. The van der Waals surface area contributed by atoms with Crippen molar-refractivity contribution in [3.63, 3.8) is 0 Å². The lowest BCUT2D eigenvalue weighted by Crippen LogP contribution is -2.01. The van der Waals surface area contributed by atoms with E-state index in [0.717, 1.165) is 29.7 Å². The summed E-state index contributed by atoms with van der Waals surface area (Å²) in [6.45, 7) is 7.71. The van der Waals surface area contributed by atoms with Crippen molar-refractivity contribution in [2.24, 2.45) is 0 Å². The van der Waals surface area contributed by atoms with Crippen molar-refractivity contribution < 1.29 is 5.11 Å². The fourth-order valence-corrected chi connectivity index (χ4v) is 1.39. The van der Waals surface area contributed by atoms with Crippen LogP contribution < -0.4 is 0 Å². The molecule has 0 bridgehead atoms. The molecule has 0 radical (unpaired) electrons. The van der Waals surface area contributed by atoms with Crippen molar-refractivity contribution in [1.82, 2.24) is 4.98 Å². The molecule has 1 unspecified atom stereocenters. The van der Waals surface area contributed by atoms with Crippen LogP contribution in [0.2, 0.25) is 0 Å². The van der Waals surface area contributed by atoms with E-state index in [9.17, 15) is 5.11 Å². The second kappa shape index (κ2) is 4.91. The Balaban J connectivity index is 2.65. The van der Waals surface area contributed by atoms with Crippen molar-refractivity contribution in [3.8, 4) is 0 Å². The molecule has 1 heterocycles. The van der Waals surface area contributed by atoms with Gasteiger partial charge in [0.2, 0.25) is 0 Å². The molecule has 14 heavy (non-hydrogen) atoms. The zero-order valence-electron chi connectivity index (χ0n) is 8.83. The van der Waals surface area contributed by atoms with E-state index in [4.69, 9.17) is 0 Å². The van der Waals surface area contributed by atoms with Gasteiger partial charge >= 0.3 is 0 Å². The highest BCUT2D eigenvalue weighted by Gasteiger charge is 2.09. The summed E-state index contributed by atoms with van der Waals surface area (Å²) in [6, 6.07) is 3.78. The second-order valence-corrected chi connectivity index (χ2v) is 3.69. The van der Waals surface area contributed by atoms with E-state index in [2.05, 4.69) is 11.6 Å². The summed E-state index contributed by atoms with van der Waals surface area (Å²) in [7, 11) is 0. The Kier molecular flexibility index (Phi) is 3.84. The lowest BCUT2D eigenvalue weighted by Gasteiger charge is -2.12. The first-order valence-electron chi connectivity index (χ1n) is 4.85. The van der Waals surface area contributed by atoms with Crippen LogP contribution in [0.25, 0.3) is 0 Å². The summed E-state index contributed by atoms with van der Waals surface area (Å²) in [5.41, 5.74) is 2.93. The number of rotatable bonds is 4. The topological polar surface area (TPSA) is 33.1 Å². The third-order valence-corrected chi connectivity index (χ3v) is 2.25. The van der Waals surface area contributed by atoms with Gasteiger partial charge in [-0.15, -0.1) is 6.58 Å². The van der Waals surface area contributed by atoms with E-state index in [1.165, 1.54) is 0 Å². The highest BCUT2D eigenvalue weighted by Crippen LogP contribution is 2.21. The van der Waals surface area contributed by atoms with Crippen LogP contribution in [0.4, 0.5) is 0 Å². The van der Waals surface area contributed by atoms with Gasteiger partial charge in [0, 0.05) is 17.5 Å². The van der Waals surface area contributed by atoms with Crippen molar-refractivity contribution in [2.75, 3.05) is 0 Å². The molecule has 0 aliphatic carbocycles. The summed E-state index contributed by atoms with van der Waals surface area (Å²) in [6.07, 6.45) is 2.90. The summed E-state index contributed by atoms with van der Waals surface area (Å²) in [5, 5.41) is 9.87. The lowest BCUT2D eigenvalue weighted by molar-refractivity contribution is 0.166. The number of aromatic nitrogens is 1. The molecule has 0 aromatic carbocycles. The van der Waals surface area contributed by atoms with E-state index in [0.29, 0.717) is 0 Å². The number of nitrogens with zero attached hydrogens (tertiary/aromatic N) is 1. The molecule has 0 saturated heterocycles. The number of aliphatic hydroxyl groups excluding tert-OH is 1. The standard InChI is InChI=1S/C12H17NO/c1-9(2)6-7-12(14)11-5-4-8-13-10(11)3/h4-5,8,12,14H,1,6-7H2,2-3H3. The molecule has 0 saturated carbocycles. The molecule has 0 spiro atoms. The Morgan fingerprint density at radius 3 is 2.93 bits per heavy atom. The number of aryl methyl sites for hydroxylation is 1. The van der Waals surface area contributed by atoms with Crippen LogP contribution in [0.5, 0.6) is 0 Å². The van der Waals surface area contributed by atoms with Crippen LogP contribution in [0.15, 0.2) is 30.5 Å². The first kappa shape index (κ1) is 10.9. The van der Waals surface area contributed by atoms with E-state index < -0.39 is 6.10 Å². The maximum Gasteiger partial charge on any atom is 0.0810 e. The predicted octanol–water partition coefficient (Wildman–Crippen LogP) is 2.78. The molecule has 2 heteroatoms. The number of allylic oxidation sites excluding steroid dienone is 1. The van der Waals surface area contributed by atoms with Gasteiger partial charge in [0.05, 0.1) is 6.10 Å². The van der Waals surface area contributed by atoms with Gasteiger partial charge in [-0.2, -0.15) is 0 Å². The molecule has 2 nitrogen and oxygen atoms in total. The van der Waals surface area contributed by atoms with E-state index in [-0.39, 0.29) is 0 Å². The van der Waals surface area contributed by atoms with Gasteiger partial charge in [0.15, 0.2) is 0 Å². The molecule has 0 amide bonds. The fraction of sp³-hybridized carbons (Fsp3) is 0.417. The Morgan fingerprint density at radius 2 is 2.36 bits per heavy atom. The lowest BCUT2D eigenvalue weighted by atomic mass is 10.0. The minimum Gasteiger partial charge on any atom is -0.388 e. The molecule has 0 aliphatic rings. The van der Waals surface area contributed by atoms with Crippen molar-refractivity contribution in [1.29, 1.82) is 0 Å². The first-order valence-corrected chi connectivity index (χ1v) is 4.85. The van der Waals surface area contributed by atoms with Crippen LogP contribution in [0.3, 0.4) is 0 Å². The number of hydrogen-bond donors (Lipinski definition) is 1. The maximum absolute atomic E-state index is 9.87. The SMILES string of the molecule is C=C(C)CCC(O)c1cccnc1C. The zero-order valence-corrected chi connectivity index (χ0v) is 8.83. The summed E-state index contributed by atoms with van der Waals surface area (Å²) in [4.78, 5) is 4.14. The Bertz CT molecular complexity index is 320. The van der Waals surface area contributed by atoms with E-state index >= 15 is 0 Å². The van der Waals surface area contributed by atoms with Gasteiger partial charge in [-0.05, 0) is 32.8 Å². The zero-order chi connectivity index (χ0) is 10.6.